The summed E-state index contributed by atoms with van der Waals surface area (Å²) in [7, 11) is 0. The minimum Gasteiger partial charge on any atom is -0.303 e. The van der Waals surface area contributed by atoms with Crippen LogP contribution in [0.15, 0.2) is 17.5 Å². The van der Waals surface area contributed by atoms with Crippen LogP contribution in [0.4, 0.5) is 0 Å². The summed E-state index contributed by atoms with van der Waals surface area (Å²) in [4.78, 5) is 21.8. The molecule has 1 aromatic heterocycles. The Labute approximate surface area is 148 Å². The van der Waals surface area contributed by atoms with E-state index in [1.807, 2.05) is 59.1 Å². The van der Waals surface area contributed by atoms with Gasteiger partial charge in [0.25, 0.3) is 0 Å². The Bertz CT molecular complexity index is 325. The number of rotatable bonds is 3. The molecule has 0 spiro atoms. The van der Waals surface area contributed by atoms with Crippen molar-refractivity contribution in [2.45, 2.75) is 87.0 Å². The van der Waals surface area contributed by atoms with Gasteiger partial charge in [0, 0.05) is 17.2 Å². The van der Waals surface area contributed by atoms with E-state index in [-0.39, 0.29) is 0 Å². The first-order chi connectivity index (χ1) is 11.2. The summed E-state index contributed by atoms with van der Waals surface area (Å²) in [5, 5.41) is 1.97. The van der Waals surface area contributed by atoms with E-state index in [1.54, 1.807) is 18.3 Å². The lowest BCUT2D eigenvalue weighted by atomic mass is 9.87. The van der Waals surface area contributed by atoms with Crippen molar-refractivity contribution in [1.82, 2.24) is 0 Å². The van der Waals surface area contributed by atoms with E-state index in [1.165, 1.54) is 19.3 Å². The van der Waals surface area contributed by atoms with Crippen LogP contribution >= 0.6 is 11.3 Å². The summed E-state index contributed by atoms with van der Waals surface area (Å²) in [6.45, 7) is 13.7. The Morgan fingerprint density at radius 1 is 1.09 bits per heavy atom. The fraction of sp³-hybridized carbons (Fsp3) is 0.700. The molecule has 0 radical (unpaired) electrons. The van der Waals surface area contributed by atoms with Crippen LogP contribution in [0.25, 0.3) is 0 Å². The highest BCUT2D eigenvalue weighted by Crippen LogP contribution is 2.23. The van der Waals surface area contributed by atoms with Crippen molar-refractivity contribution in [3.05, 3.63) is 22.4 Å². The third-order valence-electron chi connectivity index (χ3n) is 3.04. The van der Waals surface area contributed by atoms with E-state index >= 15 is 0 Å². The smallest absolute Gasteiger partial charge is 0.132 e. The number of aldehydes is 1. The van der Waals surface area contributed by atoms with Gasteiger partial charge in [0.2, 0.25) is 0 Å². The van der Waals surface area contributed by atoms with E-state index in [2.05, 4.69) is 0 Å². The average Bonchev–Trinajstić information content (AvgIpc) is 3.15. The second-order valence-electron chi connectivity index (χ2n) is 4.40. The SMILES string of the molecule is CC.CC.CC.CC(=O)C1CCCCC1.O=CCc1cccs1. The quantitative estimate of drug-likeness (QED) is 0.571. The summed E-state index contributed by atoms with van der Waals surface area (Å²) in [6, 6.07) is 3.91. The first-order valence-electron chi connectivity index (χ1n) is 9.20. The van der Waals surface area contributed by atoms with Crippen LogP contribution in [0, 0.1) is 5.92 Å². The molecule has 0 aliphatic heterocycles. The monoisotopic (exact) mass is 342 g/mol. The van der Waals surface area contributed by atoms with Gasteiger partial charge in [-0.3, -0.25) is 4.79 Å². The summed E-state index contributed by atoms with van der Waals surface area (Å²) in [6.07, 6.45) is 7.66. The van der Waals surface area contributed by atoms with E-state index in [0.717, 1.165) is 24.0 Å². The van der Waals surface area contributed by atoms with Crippen molar-refractivity contribution in [2.75, 3.05) is 0 Å². The van der Waals surface area contributed by atoms with E-state index in [9.17, 15) is 9.59 Å². The first kappa shape index (κ1) is 26.9. The minimum absolute atomic E-state index is 0.398. The molecule has 1 aliphatic carbocycles. The molecule has 1 heterocycles. The third kappa shape index (κ3) is 17.2. The molecule has 3 heteroatoms. The van der Waals surface area contributed by atoms with Gasteiger partial charge in [-0.25, -0.2) is 0 Å². The number of hydrogen-bond acceptors (Lipinski definition) is 3. The third-order valence-corrected chi connectivity index (χ3v) is 3.94. The molecule has 0 bridgehead atoms. The molecule has 0 aromatic carbocycles. The molecule has 0 atom stereocenters. The van der Waals surface area contributed by atoms with Crippen molar-refractivity contribution in [3.63, 3.8) is 0 Å². The molecule has 0 unspecified atom stereocenters. The number of Topliss-reactive ketones (excluding diaryl/α,β-unsaturated/α-hetero) is 1. The molecule has 0 saturated heterocycles. The van der Waals surface area contributed by atoms with Gasteiger partial charge in [0.05, 0.1) is 0 Å². The van der Waals surface area contributed by atoms with Gasteiger partial charge in [-0.15, -0.1) is 11.3 Å². The summed E-state index contributed by atoms with van der Waals surface area (Å²) in [5.74, 6) is 0.813. The van der Waals surface area contributed by atoms with Crippen LogP contribution in [0.3, 0.4) is 0 Å². The first-order valence-corrected chi connectivity index (χ1v) is 10.1. The lowest BCUT2D eigenvalue weighted by Crippen LogP contribution is -2.13. The molecule has 1 aliphatic rings. The maximum absolute atomic E-state index is 10.8. The number of ketones is 1. The maximum atomic E-state index is 10.8. The van der Waals surface area contributed by atoms with Gasteiger partial charge < -0.3 is 4.79 Å². The van der Waals surface area contributed by atoms with Crippen LogP contribution in [0.1, 0.15) is 85.4 Å². The van der Waals surface area contributed by atoms with Crippen molar-refractivity contribution in [3.8, 4) is 0 Å². The molecule has 2 rings (SSSR count). The number of hydrogen-bond donors (Lipinski definition) is 0. The average molecular weight is 343 g/mol. The lowest BCUT2D eigenvalue weighted by molar-refractivity contribution is -0.121. The zero-order valence-electron chi connectivity index (χ0n) is 16.4. The van der Waals surface area contributed by atoms with Crippen molar-refractivity contribution >= 4 is 23.4 Å². The molecule has 136 valence electrons. The molecular formula is C20H38O2S. The Morgan fingerprint density at radius 3 is 1.91 bits per heavy atom. The fourth-order valence-corrected chi connectivity index (χ4v) is 2.67. The highest BCUT2D eigenvalue weighted by molar-refractivity contribution is 7.10. The predicted molar refractivity (Wildman–Crippen MR) is 105 cm³/mol. The Hall–Kier alpha value is -0.960. The molecule has 0 amide bonds. The highest BCUT2D eigenvalue weighted by Gasteiger charge is 2.16. The highest BCUT2D eigenvalue weighted by atomic mass is 32.1. The molecular weight excluding hydrogens is 304 g/mol. The topological polar surface area (TPSA) is 34.1 Å². The van der Waals surface area contributed by atoms with Gasteiger partial charge in [-0.1, -0.05) is 66.9 Å². The lowest BCUT2D eigenvalue weighted by Gasteiger charge is -2.17. The van der Waals surface area contributed by atoms with E-state index in [0.29, 0.717) is 18.1 Å². The van der Waals surface area contributed by atoms with Crippen LogP contribution in [0.5, 0.6) is 0 Å². The molecule has 0 N–H and O–H groups in total. The van der Waals surface area contributed by atoms with Crippen molar-refractivity contribution < 1.29 is 9.59 Å². The zero-order valence-corrected chi connectivity index (χ0v) is 17.2. The van der Waals surface area contributed by atoms with Gasteiger partial charge in [-0.2, -0.15) is 0 Å². The Balaban J connectivity index is -0.000000264. The molecule has 1 fully saturated rings. The molecule has 1 aromatic rings. The molecule has 2 nitrogen and oxygen atoms in total. The largest absolute Gasteiger partial charge is 0.303 e. The van der Waals surface area contributed by atoms with E-state index in [4.69, 9.17) is 0 Å². The Kier molecular flexibility index (Phi) is 27.3. The van der Waals surface area contributed by atoms with Crippen molar-refractivity contribution in [1.29, 1.82) is 0 Å². The summed E-state index contributed by atoms with van der Waals surface area (Å²) < 4.78 is 0. The van der Waals surface area contributed by atoms with Crippen LogP contribution < -0.4 is 0 Å². The van der Waals surface area contributed by atoms with E-state index < -0.39 is 0 Å². The van der Waals surface area contributed by atoms with Crippen LogP contribution in [-0.2, 0) is 16.0 Å². The molecule has 23 heavy (non-hydrogen) atoms. The van der Waals surface area contributed by atoms with Gasteiger partial charge in [0.1, 0.15) is 12.1 Å². The number of carbonyl (C=O) groups is 2. The number of thiophene rings is 1. The normalized spacial score (nSPS) is 12.5. The second-order valence-corrected chi connectivity index (χ2v) is 5.43. The van der Waals surface area contributed by atoms with Gasteiger partial charge in [0.15, 0.2) is 0 Å². The minimum atomic E-state index is 0.398. The summed E-state index contributed by atoms with van der Waals surface area (Å²) in [5.41, 5.74) is 0. The van der Waals surface area contributed by atoms with Crippen molar-refractivity contribution in [2.24, 2.45) is 5.92 Å². The fourth-order valence-electron chi connectivity index (χ4n) is 2.02. The number of carbonyl (C=O) groups excluding carboxylic acids is 2. The zero-order chi connectivity index (χ0) is 18.5. The van der Waals surface area contributed by atoms with Crippen LogP contribution in [0.2, 0.25) is 0 Å². The second kappa shape index (κ2) is 23.3. The molecule has 1 saturated carbocycles. The van der Waals surface area contributed by atoms with Crippen LogP contribution in [-0.4, -0.2) is 12.1 Å². The standard InChI is InChI=1S/C8H14O.C6H6OS.3C2H6/c1-7(9)8-5-3-2-4-6-8;7-4-3-6-2-1-5-8-6;3*1-2/h8H,2-6H2,1H3;1-2,4-5H,3H2;3*1-2H3. The predicted octanol–water partition coefficient (Wildman–Crippen LogP) is 6.72. The maximum Gasteiger partial charge on any atom is 0.132 e. The van der Waals surface area contributed by atoms with Gasteiger partial charge >= 0.3 is 0 Å². The summed E-state index contributed by atoms with van der Waals surface area (Å²) >= 11 is 1.62. The Morgan fingerprint density at radius 2 is 1.61 bits per heavy atom. The van der Waals surface area contributed by atoms with Gasteiger partial charge in [-0.05, 0) is 31.2 Å².